The molecule has 1 amide bonds. The van der Waals surface area contributed by atoms with Crippen LogP contribution in [-0.4, -0.2) is 42.6 Å². The van der Waals surface area contributed by atoms with Crippen molar-refractivity contribution in [3.63, 3.8) is 0 Å². The fourth-order valence-corrected chi connectivity index (χ4v) is 4.06. The number of aliphatic imine (C=N–C) groups is 1. The van der Waals surface area contributed by atoms with E-state index in [9.17, 15) is 14.7 Å². The van der Waals surface area contributed by atoms with Crippen LogP contribution in [0, 0.1) is 13.8 Å². The van der Waals surface area contributed by atoms with Crippen LogP contribution in [0.4, 0.5) is 0 Å². The Labute approximate surface area is 223 Å². The molecule has 0 fully saturated rings. The van der Waals surface area contributed by atoms with E-state index in [0.717, 1.165) is 22.3 Å². The summed E-state index contributed by atoms with van der Waals surface area (Å²) in [6, 6.07) is 19.4. The van der Waals surface area contributed by atoms with Crippen molar-refractivity contribution in [2.75, 3.05) is 14.2 Å². The van der Waals surface area contributed by atoms with Crippen molar-refractivity contribution in [2.45, 2.75) is 39.8 Å². The fourth-order valence-electron chi connectivity index (χ4n) is 4.06. The second-order valence-electron chi connectivity index (χ2n) is 9.60. The summed E-state index contributed by atoms with van der Waals surface area (Å²) in [5.41, 5.74) is 6.00. The Morgan fingerprint density at radius 1 is 0.947 bits per heavy atom. The van der Waals surface area contributed by atoms with E-state index in [1.54, 1.807) is 39.3 Å². The van der Waals surface area contributed by atoms with Gasteiger partial charge in [0, 0.05) is 18.2 Å². The molecule has 2 N–H and O–H groups in total. The second-order valence-corrected chi connectivity index (χ2v) is 9.60. The lowest BCUT2D eigenvalue weighted by Gasteiger charge is -2.21. The molecule has 0 saturated carbocycles. The Kier molecular flexibility index (Phi) is 8.86. The van der Waals surface area contributed by atoms with Gasteiger partial charge in [-0.1, -0.05) is 43.0 Å². The molecule has 0 aliphatic rings. The van der Waals surface area contributed by atoms with Gasteiger partial charge in [0.05, 0.1) is 19.4 Å². The standard InChI is InChI=1S/C31H34N2O5/c1-19-10-8-9-11-25(19)27-15-13-23(17-24(27)18-37-6)29(38-7)32-21(3)22-12-14-26(20(2)16-22)28(34)33-31(4,5)30(35)36/h8-17H,3,18H2,1-2,4-7H3,(H,33,34)(H,35,36). The monoisotopic (exact) mass is 514 g/mol. The molecule has 3 rings (SSSR count). The van der Waals surface area contributed by atoms with E-state index in [2.05, 4.69) is 35.9 Å². The molecule has 0 heterocycles. The first-order valence-electron chi connectivity index (χ1n) is 12.1. The number of aryl methyl sites for hydroxylation is 2. The number of aliphatic carboxylic acids is 1. The van der Waals surface area contributed by atoms with Gasteiger partial charge >= 0.3 is 5.97 Å². The summed E-state index contributed by atoms with van der Waals surface area (Å²) < 4.78 is 11.1. The van der Waals surface area contributed by atoms with Gasteiger partial charge in [-0.3, -0.25) is 4.79 Å². The third-order valence-electron chi connectivity index (χ3n) is 6.28. The minimum absolute atomic E-state index is 0.378. The van der Waals surface area contributed by atoms with Gasteiger partial charge in [0.1, 0.15) is 5.54 Å². The van der Waals surface area contributed by atoms with Crippen LogP contribution in [0.2, 0.25) is 0 Å². The molecule has 3 aromatic rings. The predicted octanol–water partition coefficient (Wildman–Crippen LogP) is 5.77. The van der Waals surface area contributed by atoms with Crippen LogP contribution in [0.25, 0.3) is 16.8 Å². The minimum Gasteiger partial charge on any atom is -0.481 e. The number of nitrogens with one attached hydrogen (secondary N) is 1. The average molecular weight is 515 g/mol. The molecule has 198 valence electrons. The van der Waals surface area contributed by atoms with Crippen molar-refractivity contribution in [3.05, 3.63) is 101 Å². The summed E-state index contributed by atoms with van der Waals surface area (Å²) in [5.74, 6) is -1.19. The molecule has 0 spiro atoms. The zero-order valence-corrected chi connectivity index (χ0v) is 22.7. The van der Waals surface area contributed by atoms with E-state index in [0.29, 0.717) is 34.9 Å². The van der Waals surface area contributed by atoms with E-state index in [1.165, 1.54) is 19.4 Å². The number of nitrogens with zero attached hydrogens (tertiary/aromatic N) is 1. The summed E-state index contributed by atoms with van der Waals surface area (Å²) >= 11 is 0. The van der Waals surface area contributed by atoms with Crippen molar-refractivity contribution < 1.29 is 24.2 Å². The van der Waals surface area contributed by atoms with Gasteiger partial charge in [-0.05, 0) is 85.3 Å². The molecule has 0 atom stereocenters. The quantitative estimate of drug-likeness (QED) is 0.279. The molecule has 3 aromatic carbocycles. The first-order valence-corrected chi connectivity index (χ1v) is 12.1. The number of benzene rings is 3. The number of carboxylic acid groups (broad SMARTS) is 1. The highest BCUT2D eigenvalue weighted by molar-refractivity contribution is 6.00. The van der Waals surface area contributed by atoms with Crippen LogP contribution in [-0.2, 0) is 20.9 Å². The van der Waals surface area contributed by atoms with E-state index < -0.39 is 17.4 Å². The Morgan fingerprint density at radius 2 is 1.63 bits per heavy atom. The maximum Gasteiger partial charge on any atom is 0.328 e. The third kappa shape index (κ3) is 6.36. The lowest BCUT2D eigenvalue weighted by Crippen LogP contribution is -2.49. The van der Waals surface area contributed by atoms with E-state index in [4.69, 9.17) is 9.47 Å². The third-order valence-corrected chi connectivity index (χ3v) is 6.28. The molecular weight excluding hydrogens is 480 g/mol. The number of hydrogen-bond acceptors (Lipinski definition) is 5. The summed E-state index contributed by atoms with van der Waals surface area (Å²) in [5, 5.41) is 11.8. The van der Waals surface area contributed by atoms with E-state index >= 15 is 0 Å². The highest BCUT2D eigenvalue weighted by Gasteiger charge is 2.29. The maximum atomic E-state index is 12.7. The van der Waals surface area contributed by atoms with E-state index in [1.807, 2.05) is 30.3 Å². The normalized spacial score (nSPS) is 11.7. The number of ether oxygens (including phenoxy) is 2. The highest BCUT2D eigenvalue weighted by atomic mass is 16.5. The first kappa shape index (κ1) is 28.3. The number of amides is 1. The molecule has 7 nitrogen and oxygen atoms in total. The van der Waals surface area contributed by atoms with Gasteiger partial charge in [-0.25, -0.2) is 9.79 Å². The summed E-state index contributed by atoms with van der Waals surface area (Å²) in [6.07, 6.45) is 0. The number of carbonyl (C=O) groups excluding carboxylic acids is 1. The van der Waals surface area contributed by atoms with Gasteiger partial charge in [-0.15, -0.1) is 0 Å². The van der Waals surface area contributed by atoms with Gasteiger partial charge in [0.15, 0.2) is 0 Å². The number of methoxy groups -OCH3 is 2. The molecule has 0 radical (unpaired) electrons. The Balaban J connectivity index is 1.91. The summed E-state index contributed by atoms with van der Waals surface area (Å²) in [6.45, 7) is 11.3. The van der Waals surface area contributed by atoms with Crippen LogP contribution < -0.4 is 5.32 Å². The van der Waals surface area contributed by atoms with E-state index in [-0.39, 0.29) is 0 Å². The molecule has 7 heteroatoms. The van der Waals surface area contributed by atoms with Crippen LogP contribution >= 0.6 is 0 Å². The SMILES string of the molecule is C=C(N=C(OC)c1ccc(-c2ccccc2C)c(COC)c1)c1ccc(C(=O)NC(C)(C)C(=O)O)c(C)c1. The van der Waals surface area contributed by atoms with Crippen LogP contribution in [0.3, 0.4) is 0 Å². The van der Waals surface area contributed by atoms with Crippen molar-refractivity contribution in [2.24, 2.45) is 4.99 Å². The number of carboxylic acids is 1. The van der Waals surface area contributed by atoms with Crippen LogP contribution in [0.15, 0.2) is 72.2 Å². The largest absolute Gasteiger partial charge is 0.481 e. The summed E-state index contributed by atoms with van der Waals surface area (Å²) in [4.78, 5) is 28.7. The first-order chi connectivity index (χ1) is 18.0. The van der Waals surface area contributed by atoms with Gasteiger partial charge in [0.25, 0.3) is 5.91 Å². The Hall–Kier alpha value is -4.23. The average Bonchev–Trinajstić information content (AvgIpc) is 2.87. The molecule has 0 aliphatic heterocycles. The molecule has 0 bridgehead atoms. The zero-order valence-electron chi connectivity index (χ0n) is 22.7. The smallest absolute Gasteiger partial charge is 0.328 e. The van der Waals surface area contributed by atoms with Crippen molar-refractivity contribution in [1.82, 2.24) is 5.32 Å². The minimum atomic E-state index is -1.39. The number of hydrogen-bond donors (Lipinski definition) is 2. The molecule has 0 aliphatic carbocycles. The fraction of sp³-hybridized carbons (Fsp3) is 0.258. The summed E-state index contributed by atoms with van der Waals surface area (Å²) in [7, 11) is 3.22. The number of carbonyl (C=O) groups is 2. The number of rotatable bonds is 9. The van der Waals surface area contributed by atoms with Crippen LogP contribution in [0.1, 0.15) is 52.0 Å². The van der Waals surface area contributed by atoms with Gasteiger partial charge < -0.3 is 19.9 Å². The zero-order chi connectivity index (χ0) is 28.0. The predicted molar refractivity (Wildman–Crippen MR) is 150 cm³/mol. The van der Waals surface area contributed by atoms with Gasteiger partial charge in [-0.2, -0.15) is 0 Å². The Bertz CT molecular complexity index is 1410. The second kappa shape index (κ2) is 11.9. The maximum absolute atomic E-state index is 12.7. The van der Waals surface area contributed by atoms with Crippen LogP contribution in [0.5, 0.6) is 0 Å². The molecule has 0 saturated heterocycles. The highest BCUT2D eigenvalue weighted by Crippen LogP contribution is 2.29. The molecule has 38 heavy (non-hydrogen) atoms. The lowest BCUT2D eigenvalue weighted by molar-refractivity contribution is -0.143. The molecule has 0 aromatic heterocycles. The Morgan fingerprint density at radius 3 is 2.24 bits per heavy atom. The molecule has 0 unspecified atom stereocenters. The van der Waals surface area contributed by atoms with Crippen molar-refractivity contribution in [3.8, 4) is 11.1 Å². The lowest BCUT2D eigenvalue weighted by atomic mass is 9.94. The van der Waals surface area contributed by atoms with Crippen molar-refractivity contribution in [1.29, 1.82) is 0 Å². The molecular formula is C31H34N2O5. The van der Waals surface area contributed by atoms with Gasteiger partial charge in [0.2, 0.25) is 5.90 Å². The topological polar surface area (TPSA) is 97.2 Å². The van der Waals surface area contributed by atoms with Crippen molar-refractivity contribution >= 4 is 23.5 Å².